The zero-order valence-corrected chi connectivity index (χ0v) is 12.3. The van der Waals surface area contributed by atoms with Crippen LogP contribution in [0.1, 0.15) is 23.0 Å². The summed E-state index contributed by atoms with van der Waals surface area (Å²) in [5.41, 5.74) is 3.76. The average Bonchev–Trinajstić information content (AvgIpc) is 2.85. The van der Waals surface area contributed by atoms with Gasteiger partial charge in [0.15, 0.2) is 0 Å². The van der Waals surface area contributed by atoms with Crippen molar-refractivity contribution in [1.82, 2.24) is 4.57 Å². The van der Waals surface area contributed by atoms with Crippen molar-refractivity contribution < 1.29 is 4.79 Å². The molecule has 0 spiro atoms. The first-order valence-electron chi connectivity index (χ1n) is 7.14. The molecule has 21 heavy (non-hydrogen) atoms. The van der Waals surface area contributed by atoms with Crippen LogP contribution in [0.5, 0.6) is 0 Å². The Labute approximate surface area is 124 Å². The van der Waals surface area contributed by atoms with E-state index >= 15 is 0 Å². The molecule has 1 heterocycles. The minimum atomic E-state index is -0.0744. The van der Waals surface area contributed by atoms with Gasteiger partial charge in [-0.2, -0.15) is 0 Å². The molecule has 2 aromatic carbocycles. The number of nitrogens with zero attached hydrogens (tertiary/aromatic N) is 1. The lowest BCUT2D eigenvalue weighted by molar-refractivity contribution is 0.101. The summed E-state index contributed by atoms with van der Waals surface area (Å²) in [6.45, 7) is 2.09. The van der Waals surface area contributed by atoms with Gasteiger partial charge in [-0.25, -0.2) is 0 Å². The third-order valence-electron chi connectivity index (χ3n) is 3.83. The number of carbonyl (C=O) groups is 1. The summed E-state index contributed by atoms with van der Waals surface area (Å²) in [4.78, 5) is 12.5. The molecule has 1 aromatic heterocycles. The summed E-state index contributed by atoms with van der Waals surface area (Å²) in [6.07, 6.45) is 0.894. The summed E-state index contributed by atoms with van der Waals surface area (Å²) in [5.74, 6) is -0.0744. The van der Waals surface area contributed by atoms with Crippen molar-refractivity contribution in [3.05, 3.63) is 65.9 Å². The average molecular weight is 278 g/mol. The van der Waals surface area contributed by atoms with Gasteiger partial charge in [0.1, 0.15) is 5.69 Å². The quantitative estimate of drug-likeness (QED) is 0.772. The Hall–Kier alpha value is -2.55. The minimum Gasteiger partial charge on any atom is -0.340 e. The molecule has 1 amide bonds. The van der Waals surface area contributed by atoms with Crippen LogP contribution >= 0.6 is 0 Å². The largest absolute Gasteiger partial charge is 0.340 e. The molecule has 0 aliphatic carbocycles. The van der Waals surface area contributed by atoms with Gasteiger partial charge in [-0.3, -0.25) is 4.79 Å². The molecule has 0 unspecified atom stereocenters. The lowest BCUT2D eigenvalue weighted by atomic mass is 10.1. The number of carbonyl (C=O) groups excluding carboxylic acids is 1. The Morgan fingerprint density at radius 1 is 1.10 bits per heavy atom. The second-order valence-electron chi connectivity index (χ2n) is 5.11. The molecule has 0 saturated carbocycles. The van der Waals surface area contributed by atoms with Crippen LogP contribution in [0.2, 0.25) is 0 Å². The van der Waals surface area contributed by atoms with Crippen LogP contribution in [0, 0.1) is 0 Å². The highest BCUT2D eigenvalue weighted by Crippen LogP contribution is 2.21. The van der Waals surface area contributed by atoms with E-state index in [9.17, 15) is 4.79 Å². The second kappa shape index (κ2) is 5.44. The van der Waals surface area contributed by atoms with Gasteiger partial charge in [0.2, 0.25) is 0 Å². The molecule has 3 aromatic rings. The van der Waals surface area contributed by atoms with Crippen molar-refractivity contribution in [2.24, 2.45) is 7.05 Å². The van der Waals surface area contributed by atoms with Gasteiger partial charge in [-0.1, -0.05) is 43.3 Å². The molecule has 1 N–H and O–H groups in total. The van der Waals surface area contributed by atoms with Crippen LogP contribution in [-0.2, 0) is 13.5 Å². The van der Waals surface area contributed by atoms with Crippen LogP contribution in [-0.4, -0.2) is 10.5 Å². The Morgan fingerprint density at radius 3 is 2.57 bits per heavy atom. The second-order valence-corrected chi connectivity index (χ2v) is 5.11. The van der Waals surface area contributed by atoms with Gasteiger partial charge in [0.25, 0.3) is 5.91 Å². The SMILES string of the molecule is CCc1ccccc1NC(=O)c1cc2ccccc2n1C. The van der Waals surface area contributed by atoms with Gasteiger partial charge in [-0.15, -0.1) is 0 Å². The highest BCUT2D eigenvalue weighted by molar-refractivity contribution is 6.06. The number of rotatable bonds is 3. The fourth-order valence-corrected chi connectivity index (χ4v) is 2.64. The molecule has 0 aliphatic heterocycles. The van der Waals surface area contributed by atoms with E-state index in [1.165, 1.54) is 0 Å². The summed E-state index contributed by atoms with van der Waals surface area (Å²) in [7, 11) is 1.92. The molecule has 0 fully saturated rings. The zero-order valence-electron chi connectivity index (χ0n) is 12.3. The van der Waals surface area contributed by atoms with Crippen LogP contribution in [0.4, 0.5) is 5.69 Å². The maximum Gasteiger partial charge on any atom is 0.272 e. The Morgan fingerprint density at radius 2 is 1.81 bits per heavy atom. The van der Waals surface area contributed by atoms with E-state index in [1.54, 1.807) is 0 Å². The van der Waals surface area contributed by atoms with Crippen molar-refractivity contribution >= 4 is 22.5 Å². The van der Waals surface area contributed by atoms with Crippen LogP contribution in [0.3, 0.4) is 0 Å². The number of benzene rings is 2. The van der Waals surface area contributed by atoms with E-state index in [-0.39, 0.29) is 5.91 Å². The maximum atomic E-state index is 12.5. The molecule has 3 rings (SSSR count). The van der Waals surface area contributed by atoms with Gasteiger partial charge in [0, 0.05) is 23.6 Å². The van der Waals surface area contributed by atoms with Gasteiger partial charge < -0.3 is 9.88 Å². The predicted molar refractivity (Wildman–Crippen MR) is 86.7 cm³/mol. The number of fused-ring (bicyclic) bond motifs is 1. The third kappa shape index (κ3) is 2.42. The molecule has 0 radical (unpaired) electrons. The van der Waals surface area contributed by atoms with Crippen LogP contribution in [0.25, 0.3) is 10.9 Å². The number of hydrogen-bond donors (Lipinski definition) is 1. The molecule has 3 nitrogen and oxygen atoms in total. The van der Waals surface area contributed by atoms with E-state index in [1.807, 2.05) is 66.2 Å². The number of aryl methyl sites for hydroxylation is 2. The summed E-state index contributed by atoms with van der Waals surface area (Å²) >= 11 is 0. The fraction of sp³-hybridized carbons (Fsp3) is 0.167. The third-order valence-corrected chi connectivity index (χ3v) is 3.83. The summed E-state index contributed by atoms with van der Waals surface area (Å²) in [6, 6.07) is 17.8. The number of amides is 1. The number of anilines is 1. The van der Waals surface area contributed by atoms with E-state index < -0.39 is 0 Å². The first kappa shape index (κ1) is 13.4. The van der Waals surface area contributed by atoms with Gasteiger partial charge >= 0.3 is 0 Å². The number of hydrogen-bond acceptors (Lipinski definition) is 1. The number of aromatic nitrogens is 1. The molecular formula is C18H18N2O. The molecule has 106 valence electrons. The molecular weight excluding hydrogens is 260 g/mol. The normalized spacial score (nSPS) is 10.8. The van der Waals surface area contributed by atoms with Crippen molar-refractivity contribution in [2.75, 3.05) is 5.32 Å². The van der Waals surface area contributed by atoms with Gasteiger partial charge in [-0.05, 0) is 30.2 Å². The summed E-state index contributed by atoms with van der Waals surface area (Å²) < 4.78 is 1.93. The van der Waals surface area contributed by atoms with E-state index in [4.69, 9.17) is 0 Å². The predicted octanol–water partition coefficient (Wildman–Crippen LogP) is 3.99. The topological polar surface area (TPSA) is 34.0 Å². The Bertz CT molecular complexity index is 802. The van der Waals surface area contributed by atoms with Crippen molar-refractivity contribution in [1.29, 1.82) is 0 Å². The highest BCUT2D eigenvalue weighted by atomic mass is 16.1. The molecule has 0 saturated heterocycles. The Balaban J connectivity index is 1.96. The minimum absolute atomic E-state index is 0.0744. The number of para-hydroxylation sites is 2. The smallest absolute Gasteiger partial charge is 0.272 e. The monoisotopic (exact) mass is 278 g/mol. The molecule has 0 aliphatic rings. The zero-order chi connectivity index (χ0) is 14.8. The lowest BCUT2D eigenvalue weighted by Gasteiger charge is -2.10. The van der Waals surface area contributed by atoms with Crippen molar-refractivity contribution in [2.45, 2.75) is 13.3 Å². The molecule has 3 heteroatoms. The molecule has 0 atom stereocenters. The first-order valence-corrected chi connectivity index (χ1v) is 7.14. The summed E-state index contributed by atoms with van der Waals surface area (Å²) in [5, 5.41) is 4.10. The highest BCUT2D eigenvalue weighted by Gasteiger charge is 2.14. The van der Waals surface area contributed by atoms with E-state index in [0.717, 1.165) is 28.6 Å². The van der Waals surface area contributed by atoms with Gasteiger partial charge in [0.05, 0.1) is 0 Å². The van der Waals surface area contributed by atoms with Crippen LogP contribution < -0.4 is 5.32 Å². The van der Waals surface area contributed by atoms with E-state index in [2.05, 4.69) is 12.2 Å². The number of nitrogens with one attached hydrogen (secondary N) is 1. The molecule has 0 bridgehead atoms. The van der Waals surface area contributed by atoms with E-state index in [0.29, 0.717) is 5.69 Å². The lowest BCUT2D eigenvalue weighted by Crippen LogP contribution is -2.16. The van der Waals surface area contributed by atoms with Crippen LogP contribution in [0.15, 0.2) is 54.6 Å². The first-order chi connectivity index (χ1) is 10.2. The standard InChI is InChI=1S/C18H18N2O/c1-3-13-8-4-6-10-15(13)19-18(21)17-12-14-9-5-7-11-16(14)20(17)2/h4-12H,3H2,1-2H3,(H,19,21). The fourth-order valence-electron chi connectivity index (χ4n) is 2.64. The van der Waals surface area contributed by atoms with Crippen molar-refractivity contribution in [3.63, 3.8) is 0 Å². The van der Waals surface area contributed by atoms with Crippen molar-refractivity contribution in [3.8, 4) is 0 Å². The maximum absolute atomic E-state index is 12.5. The Kier molecular flexibility index (Phi) is 3.48.